The lowest BCUT2D eigenvalue weighted by Gasteiger charge is -2.56. The predicted octanol–water partition coefficient (Wildman–Crippen LogP) is 4.19. The number of fused-ring (bicyclic) bond motifs is 3. The standard InChI is InChI=1S/C23H20N2O2/c26-22-21(27-18-11-5-2-6-12-18)23(17-9-3-1-4-10-17)15-16-24-19-13-7-8-14-20(19)25(22)23/h1-14,21,24H,15-16H2. The Bertz CT molecular complexity index is 974. The number of para-hydroxylation sites is 3. The van der Waals surface area contributed by atoms with Gasteiger partial charge in [-0.3, -0.25) is 9.69 Å². The van der Waals surface area contributed by atoms with E-state index < -0.39 is 11.6 Å². The minimum atomic E-state index is -0.546. The van der Waals surface area contributed by atoms with Crippen molar-refractivity contribution >= 4 is 17.3 Å². The average molecular weight is 356 g/mol. The van der Waals surface area contributed by atoms with Gasteiger partial charge in [-0.15, -0.1) is 0 Å². The topological polar surface area (TPSA) is 41.6 Å². The van der Waals surface area contributed by atoms with Crippen molar-refractivity contribution in [2.45, 2.75) is 18.1 Å². The number of rotatable bonds is 3. The van der Waals surface area contributed by atoms with Gasteiger partial charge in [-0.25, -0.2) is 0 Å². The van der Waals surface area contributed by atoms with Crippen LogP contribution in [-0.2, 0) is 10.3 Å². The van der Waals surface area contributed by atoms with Gasteiger partial charge < -0.3 is 10.1 Å². The number of β-lactam (4-membered cyclic amide) rings is 1. The molecular formula is C23H20N2O2. The third kappa shape index (κ3) is 2.33. The summed E-state index contributed by atoms with van der Waals surface area (Å²) < 4.78 is 6.24. The van der Waals surface area contributed by atoms with Gasteiger partial charge in [0, 0.05) is 6.54 Å². The molecule has 2 atom stereocenters. The van der Waals surface area contributed by atoms with Crippen LogP contribution in [0.25, 0.3) is 0 Å². The molecule has 1 amide bonds. The third-order valence-corrected chi connectivity index (χ3v) is 5.51. The summed E-state index contributed by atoms with van der Waals surface area (Å²) in [4.78, 5) is 15.2. The van der Waals surface area contributed by atoms with Crippen molar-refractivity contribution < 1.29 is 9.53 Å². The first-order valence-corrected chi connectivity index (χ1v) is 9.25. The van der Waals surface area contributed by atoms with Crippen LogP contribution in [0.3, 0.4) is 0 Å². The smallest absolute Gasteiger partial charge is 0.271 e. The number of hydrogen-bond acceptors (Lipinski definition) is 3. The minimum Gasteiger partial charge on any atom is -0.478 e. The number of nitrogens with zero attached hydrogens (tertiary/aromatic N) is 1. The quantitative estimate of drug-likeness (QED) is 0.716. The zero-order valence-electron chi connectivity index (χ0n) is 14.8. The summed E-state index contributed by atoms with van der Waals surface area (Å²) in [7, 11) is 0. The summed E-state index contributed by atoms with van der Waals surface area (Å²) in [6, 6.07) is 27.8. The molecule has 2 unspecified atom stereocenters. The summed E-state index contributed by atoms with van der Waals surface area (Å²) in [6.45, 7) is 0.768. The minimum absolute atomic E-state index is 0.00106. The Hall–Kier alpha value is -3.27. The Morgan fingerprint density at radius 3 is 2.33 bits per heavy atom. The van der Waals surface area contributed by atoms with Crippen LogP contribution in [0.5, 0.6) is 5.75 Å². The molecule has 4 nitrogen and oxygen atoms in total. The fourth-order valence-electron chi connectivity index (χ4n) is 4.29. The molecule has 0 radical (unpaired) electrons. The Morgan fingerprint density at radius 2 is 1.56 bits per heavy atom. The highest BCUT2D eigenvalue weighted by atomic mass is 16.5. The zero-order valence-corrected chi connectivity index (χ0v) is 14.8. The van der Waals surface area contributed by atoms with E-state index >= 15 is 0 Å². The molecule has 5 rings (SSSR count). The molecule has 2 aliphatic heterocycles. The van der Waals surface area contributed by atoms with Crippen LogP contribution in [-0.4, -0.2) is 18.6 Å². The Labute approximate surface area is 158 Å². The van der Waals surface area contributed by atoms with Crippen molar-refractivity contribution in [1.29, 1.82) is 0 Å². The SMILES string of the molecule is O=C1C(Oc2ccccc2)C2(c3ccccc3)CCNc3ccccc3N12. The monoisotopic (exact) mass is 356 g/mol. The highest BCUT2D eigenvalue weighted by Crippen LogP contribution is 2.52. The molecule has 0 spiro atoms. The van der Waals surface area contributed by atoms with Gasteiger partial charge >= 0.3 is 0 Å². The number of anilines is 2. The lowest BCUT2D eigenvalue weighted by Crippen LogP contribution is -2.74. The van der Waals surface area contributed by atoms with E-state index in [0.717, 1.165) is 35.7 Å². The van der Waals surface area contributed by atoms with Crippen molar-refractivity contribution in [1.82, 2.24) is 0 Å². The number of hydrogen-bond donors (Lipinski definition) is 1. The van der Waals surface area contributed by atoms with Crippen LogP contribution >= 0.6 is 0 Å². The van der Waals surface area contributed by atoms with Crippen molar-refractivity contribution in [3.63, 3.8) is 0 Å². The molecule has 1 saturated heterocycles. The number of amides is 1. The van der Waals surface area contributed by atoms with Crippen LogP contribution in [0, 0.1) is 0 Å². The molecule has 27 heavy (non-hydrogen) atoms. The van der Waals surface area contributed by atoms with E-state index in [1.807, 2.05) is 77.7 Å². The van der Waals surface area contributed by atoms with Crippen LogP contribution in [0.1, 0.15) is 12.0 Å². The maximum absolute atomic E-state index is 13.3. The summed E-state index contributed by atoms with van der Waals surface area (Å²) in [5.41, 5.74) is 2.48. The molecule has 2 aliphatic rings. The Balaban J connectivity index is 1.65. The summed E-state index contributed by atoms with van der Waals surface area (Å²) in [5.74, 6) is 0.718. The van der Waals surface area contributed by atoms with Gasteiger partial charge in [0.1, 0.15) is 11.3 Å². The Morgan fingerprint density at radius 1 is 0.889 bits per heavy atom. The van der Waals surface area contributed by atoms with Crippen LogP contribution < -0.4 is 15.0 Å². The molecule has 4 heteroatoms. The molecule has 1 fully saturated rings. The van der Waals surface area contributed by atoms with Crippen molar-refractivity contribution in [3.05, 3.63) is 90.5 Å². The van der Waals surface area contributed by atoms with E-state index in [1.54, 1.807) is 0 Å². The van der Waals surface area contributed by atoms with E-state index in [-0.39, 0.29) is 5.91 Å². The largest absolute Gasteiger partial charge is 0.478 e. The fraction of sp³-hybridized carbons (Fsp3) is 0.174. The van der Waals surface area contributed by atoms with E-state index in [9.17, 15) is 4.79 Å². The highest BCUT2D eigenvalue weighted by molar-refractivity contribution is 6.09. The molecule has 0 aromatic heterocycles. The van der Waals surface area contributed by atoms with Gasteiger partial charge in [0.25, 0.3) is 5.91 Å². The van der Waals surface area contributed by atoms with Gasteiger partial charge in [-0.05, 0) is 36.2 Å². The second-order valence-corrected chi connectivity index (χ2v) is 6.97. The maximum atomic E-state index is 13.3. The molecular weight excluding hydrogens is 336 g/mol. The molecule has 0 saturated carbocycles. The summed E-state index contributed by atoms with van der Waals surface area (Å²) in [5, 5.41) is 3.48. The molecule has 134 valence electrons. The lowest BCUT2D eigenvalue weighted by molar-refractivity contribution is -0.142. The number of ether oxygens (including phenoxy) is 1. The number of carbonyl (C=O) groups excluding carboxylic acids is 1. The Kier molecular flexibility index (Phi) is 3.64. The second-order valence-electron chi connectivity index (χ2n) is 6.97. The normalized spacial score (nSPS) is 23.3. The number of benzene rings is 3. The molecule has 0 bridgehead atoms. The van der Waals surface area contributed by atoms with E-state index in [1.165, 1.54) is 0 Å². The van der Waals surface area contributed by atoms with E-state index in [0.29, 0.717) is 0 Å². The first-order chi connectivity index (χ1) is 13.3. The van der Waals surface area contributed by atoms with Gasteiger partial charge in [0.05, 0.1) is 11.4 Å². The predicted molar refractivity (Wildman–Crippen MR) is 106 cm³/mol. The summed E-state index contributed by atoms with van der Waals surface area (Å²) in [6.07, 6.45) is 0.227. The first-order valence-electron chi connectivity index (χ1n) is 9.25. The van der Waals surface area contributed by atoms with Gasteiger partial charge in [0.15, 0.2) is 0 Å². The maximum Gasteiger partial charge on any atom is 0.271 e. The zero-order chi connectivity index (χ0) is 18.3. The van der Waals surface area contributed by atoms with Crippen LogP contribution in [0.15, 0.2) is 84.9 Å². The van der Waals surface area contributed by atoms with Crippen LogP contribution in [0.2, 0.25) is 0 Å². The molecule has 0 aliphatic carbocycles. The summed E-state index contributed by atoms with van der Waals surface area (Å²) >= 11 is 0. The molecule has 1 N–H and O–H groups in total. The van der Waals surface area contributed by atoms with Gasteiger partial charge in [-0.1, -0.05) is 60.7 Å². The average Bonchev–Trinajstić information content (AvgIpc) is 2.88. The van der Waals surface area contributed by atoms with Crippen molar-refractivity contribution in [3.8, 4) is 5.75 Å². The van der Waals surface area contributed by atoms with Gasteiger partial charge in [-0.2, -0.15) is 0 Å². The number of carbonyl (C=O) groups is 1. The lowest BCUT2D eigenvalue weighted by atomic mass is 9.72. The molecule has 3 aromatic rings. The molecule has 3 aromatic carbocycles. The second kappa shape index (κ2) is 6.16. The van der Waals surface area contributed by atoms with Gasteiger partial charge in [0.2, 0.25) is 6.10 Å². The van der Waals surface area contributed by atoms with Crippen molar-refractivity contribution in [2.75, 3.05) is 16.8 Å². The first kappa shape index (κ1) is 15.9. The third-order valence-electron chi connectivity index (χ3n) is 5.51. The highest BCUT2D eigenvalue weighted by Gasteiger charge is 2.64. The molecule has 2 heterocycles. The van der Waals surface area contributed by atoms with Crippen molar-refractivity contribution in [2.24, 2.45) is 0 Å². The van der Waals surface area contributed by atoms with Crippen LogP contribution in [0.4, 0.5) is 11.4 Å². The van der Waals surface area contributed by atoms with E-state index in [2.05, 4.69) is 17.4 Å². The van der Waals surface area contributed by atoms with E-state index in [4.69, 9.17) is 4.74 Å². The number of nitrogens with one attached hydrogen (secondary N) is 1. The fourth-order valence-corrected chi connectivity index (χ4v) is 4.29.